The van der Waals surface area contributed by atoms with Crippen LogP contribution in [0.2, 0.25) is 0 Å². The minimum Gasteiger partial charge on any atom is -0.487 e. The number of aromatic nitrogens is 1. The first-order chi connectivity index (χ1) is 16.1. The number of thiazole rings is 1. The third-order valence-electron chi connectivity index (χ3n) is 6.86. The topological polar surface area (TPSA) is 45.7 Å². The molecule has 5 nitrogen and oxygen atoms in total. The van der Waals surface area contributed by atoms with Crippen molar-refractivity contribution in [2.75, 3.05) is 26.2 Å². The number of rotatable bonds is 5. The van der Waals surface area contributed by atoms with Gasteiger partial charge in [0.2, 0.25) is 0 Å². The summed E-state index contributed by atoms with van der Waals surface area (Å²) < 4.78 is 20.9. The van der Waals surface area contributed by atoms with E-state index in [1.165, 1.54) is 6.07 Å². The van der Waals surface area contributed by atoms with Crippen LogP contribution in [0, 0.1) is 5.82 Å². The number of halogens is 1. The maximum absolute atomic E-state index is 13.9. The van der Waals surface area contributed by atoms with E-state index in [1.807, 2.05) is 23.1 Å². The lowest BCUT2D eigenvalue weighted by molar-refractivity contribution is 0.0416. The average molecular weight is 468 g/mol. The Kier molecular flexibility index (Phi) is 6.60. The Hall–Kier alpha value is -2.51. The molecule has 0 bridgehead atoms. The molecule has 174 valence electrons. The van der Waals surface area contributed by atoms with Crippen molar-refractivity contribution in [2.24, 2.45) is 0 Å². The standard InChI is InChI=1S/C26H30FN3O2S/c1-2-25-28-22-8-7-18(17-24(22)33-25)26(31)30-13-9-19(10-14-30)29-15-11-20(12-16-29)32-23-6-4-3-5-21(23)27/h3-8,17,19-20H,2,9-16H2,1H3. The highest BCUT2D eigenvalue weighted by molar-refractivity contribution is 7.18. The number of ether oxygens (including phenoxy) is 1. The maximum atomic E-state index is 13.9. The van der Waals surface area contributed by atoms with Crippen LogP contribution < -0.4 is 4.74 Å². The number of amides is 1. The summed E-state index contributed by atoms with van der Waals surface area (Å²) in [7, 11) is 0. The molecule has 2 saturated heterocycles. The fourth-order valence-corrected chi connectivity index (χ4v) is 5.90. The zero-order chi connectivity index (χ0) is 22.8. The number of fused-ring (bicyclic) bond motifs is 1. The molecule has 0 atom stereocenters. The van der Waals surface area contributed by atoms with Crippen molar-refractivity contribution in [3.63, 3.8) is 0 Å². The third-order valence-corrected chi connectivity index (χ3v) is 8.02. The van der Waals surface area contributed by atoms with Gasteiger partial charge < -0.3 is 9.64 Å². The van der Waals surface area contributed by atoms with Gasteiger partial charge in [-0.05, 0) is 62.4 Å². The Bertz CT molecular complexity index is 1120. The molecule has 0 radical (unpaired) electrons. The molecule has 5 rings (SSSR count). The van der Waals surface area contributed by atoms with E-state index in [4.69, 9.17) is 4.74 Å². The smallest absolute Gasteiger partial charge is 0.253 e. The molecule has 0 aliphatic carbocycles. The van der Waals surface area contributed by atoms with Crippen LogP contribution in [0.4, 0.5) is 4.39 Å². The zero-order valence-corrected chi connectivity index (χ0v) is 19.8. The Balaban J connectivity index is 1.12. The molecule has 2 aliphatic rings. The number of hydrogen-bond acceptors (Lipinski definition) is 5. The van der Waals surface area contributed by atoms with E-state index < -0.39 is 0 Å². The van der Waals surface area contributed by atoms with Crippen LogP contribution in [0.5, 0.6) is 5.75 Å². The van der Waals surface area contributed by atoms with Gasteiger partial charge in [-0.25, -0.2) is 9.37 Å². The molecule has 3 heterocycles. The predicted molar refractivity (Wildman–Crippen MR) is 130 cm³/mol. The molecular formula is C26H30FN3O2S. The number of carbonyl (C=O) groups excluding carboxylic acids is 1. The second-order valence-electron chi connectivity index (χ2n) is 8.95. The molecule has 0 unspecified atom stereocenters. The quantitative estimate of drug-likeness (QED) is 0.521. The van der Waals surface area contributed by atoms with Crippen molar-refractivity contribution in [3.8, 4) is 5.75 Å². The highest BCUT2D eigenvalue weighted by Gasteiger charge is 2.30. The van der Waals surface area contributed by atoms with E-state index in [2.05, 4.69) is 16.8 Å². The molecule has 0 N–H and O–H groups in total. The number of likely N-dealkylation sites (tertiary alicyclic amines) is 2. The molecule has 0 spiro atoms. The van der Waals surface area contributed by atoms with Gasteiger partial charge in [-0.1, -0.05) is 19.1 Å². The number of aryl methyl sites for hydroxylation is 1. The van der Waals surface area contributed by atoms with Crippen LogP contribution >= 0.6 is 11.3 Å². The van der Waals surface area contributed by atoms with Crippen molar-refractivity contribution in [1.29, 1.82) is 0 Å². The number of benzene rings is 2. The van der Waals surface area contributed by atoms with Crippen molar-refractivity contribution in [3.05, 3.63) is 58.9 Å². The lowest BCUT2D eigenvalue weighted by Gasteiger charge is -2.41. The first-order valence-corrected chi connectivity index (χ1v) is 12.8. The van der Waals surface area contributed by atoms with Crippen LogP contribution in [0.25, 0.3) is 10.2 Å². The fourth-order valence-electron chi connectivity index (χ4n) is 4.95. The Labute approximate surface area is 198 Å². The first-order valence-electron chi connectivity index (χ1n) is 11.9. The molecule has 2 aromatic carbocycles. The Morgan fingerprint density at radius 1 is 1.09 bits per heavy atom. The third kappa shape index (κ3) is 4.89. The average Bonchev–Trinajstić information content (AvgIpc) is 3.28. The van der Waals surface area contributed by atoms with E-state index in [1.54, 1.807) is 29.5 Å². The highest BCUT2D eigenvalue weighted by atomic mass is 32.1. The normalized spacial score (nSPS) is 18.7. The van der Waals surface area contributed by atoms with Gasteiger partial charge in [0.25, 0.3) is 5.91 Å². The second-order valence-corrected chi connectivity index (χ2v) is 10.1. The van der Waals surface area contributed by atoms with Crippen molar-refractivity contribution >= 4 is 27.5 Å². The summed E-state index contributed by atoms with van der Waals surface area (Å²) in [6.07, 6.45) is 4.78. The van der Waals surface area contributed by atoms with Crippen LogP contribution in [-0.2, 0) is 6.42 Å². The van der Waals surface area contributed by atoms with Crippen molar-refractivity contribution in [2.45, 2.75) is 51.2 Å². The SMILES string of the molecule is CCc1nc2ccc(C(=O)N3CCC(N4CCC(Oc5ccccc5F)CC4)CC3)cc2s1. The Morgan fingerprint density at radius 2 is 1.85 bits per heavy atom. The van der Waals surface area contributed by atoms with Gasteiger partial charge in [-0.3, -0.25) is 9.69 Å². The molecule has 2 fully saturated rings. The minimum atomic E-state index is -0.294. The first kappa shape index (κ1) is 22.3. The molecule has 2 aliphatic heterocycles. The summed E-state index contributed by atoms with van der Waals surface area (Å²) in [5, 5.41) is 1.11. The van der Waals surface area contributed by atoms with Crippen LogP contribution in [0.15, 0.2) is 42.5 Å². The number of hydrogen-bond donors (Lipinski definition) is 0. The lowest BCUT2D eigenvalue weighted by Crippen LogP contribution is -2.50. The number of para-hydroxylation sites is 1. The largest absolute Gasteiger partial charge is 0.487 e. The molecule has 1 amide bonds. The summed E-state index contributed by atoms with van der Waals surface area (Å²) >= 11 is 1.68. The Morgan fingerprint density at radius 3 is 2.58 bits per heavy atom. The summed E-state index contributed by atoms with van der Waals surface area (Å²) in [6.45, 7) is 5.60. The summed E-state index contributed by atoms with van der Waals surface area (Å²) in [5.41, 5.74) is 1.74. The monoisotopic (exact) mass is 467 g/mol. The van der Waals surface area contributed by atoms with Gasteiger partial charge in [-0.2, -0.15) is 0 Å². The molecular weight excluding hydrogens is 437 g/mol. The van der Waals surface area contributed by atoms with E-state index in [0.717, 1.165) is 79.1 Å². The van der Waals surface area contributed by atoms with E-state index in [0.29, 0.717) is 11.8 Å². The molecule has 0 saturated carbocycles. The molecule has 1 aromatic heterocycles. The van der Waals surface area contributed by atoms with E-state index in [9.17, 15) is 9.18 Å². The molecule has 33 heavy (non-hydrogen) atoms. The molecule has 3 aromatic rings. The van der Waals surface area contributed by atoms with Gasteiger partial charge in [0.15, 0.2) is 11.6 Å². The number of nitrogens with zero attached hydrogens (tertiary/aromatic N) is 3. The lowest BCUT2D eigenvalue weighted by atomic mass is 9.98. The zero-order valence-electron chi connectivity index (χ0n) is 19.0. The van der Waals surface area contributed by atoms with Crippen LogP contribution in [-0.4, -0.2) is 59.0 Å². The fraction of sp³-hybridized carbons (Fsp3) is 0.462. The van der Waals surface area contributed by atoms with Crippen molar-refractivity contribution < 1.29 is 13.9 Å². The minimum absolute atomic E-state index is 0.0645. The van der Waals surface area contributed by atoms with Gasteiger partial charge in [0.1, 0.15) is 6.10 Å². The maximum Gasteiger partial charge on any atom is 0.253 e. The second kappa shape index (κ2) is 9.77. The van der Waals surface area contributed by atoms with Crippen molar-refractivity contribution in [1.82, 2.24) is 14.8 Å². The van der Waals surface area contributed by atoms with E-state index in [-0.39, 0.29) is 17.8 Å². The highest BCUT2D eigenvalue weighted by Crippen LogP contribution is 2.27. The van der Waals surface area contributed by atoms with Crippen LogP contribution in [0.1, 0.15) is 48.0 Å². The van der Waals surface area contributed by atoms with Gasteiger partial charge >= 0.3 is 0 Å². The summed E-state index contributed by atoms with van der Waals surface area (Å²) in [6, 6.07) is 13.0. The summed E-state index contributed by atoms with van der Waals surface area (Å²) in [4.78, 5) is 22.2. The number of piperidine rings is 2. The van der Waals surface area contributed by atoms with Crippen LogP contribution in [0.3, 0.4) is 0 Å². The van der Waals surface area contributed by atoms with E-state index >= 15 is 0 Å². The molecule has 7 heteroatoms. The van der Waals surface area contributed by atoms with Gasteiger partial charge in [0, 0.05) is 37.8 Å². The number of carbonyl (C=O) groups is 1. The predicted octanol–water partition coefficient (Wildman–Crippen LogP) is 5.15. The summed E-state index contributed by atoms with van der Waals surface area (Å²) in [5.74, 6) is 0.182. The van der Waals surface area contributed by atoms with Gasteiger partial charge in [0.05, 0.1) is 15.2 Å². The van der Waals surface area contributed by atoms with Gasteiger partial charge in [-0.15, -0.1) is 11.3 Å².